The van der Waals surface area contributed by atoms with Crippen LogP contribution in [0.15, 0.2) is 30.3 Å². The van der Waals surface area contributed by atoms with Gasteiger partial charge in [0.25, 0.3) is 0 Å². The van der Waals surface area contributed by atoms with E-state index in [0.29, 0.717) is 0 Å². The Balaban J connectivity index is 2.32. The molecule has 1 fully saturated rings. The van der Waals surface area contributed by atoms with Gasteiger partial charge in [-0.15, -0.1) is 0 Å². The largest absolute Gasteiger partial charge is 0.467 e. The second-order valence-electron chi connectivity index (χ2n) is 5.35. The van der Waals surface area contributed by atoms with Crippen molar-refractivity contribution < 1.29 is 19.1 Å². The zero-order chi connectivity index (χ0) is 17.7. The summed E-state index contributed by atoms with van der Waals surface area (Å²) in [7, 11) is 1.12. The van der Waals surface area contributed by atoms with Gasteiger partial charge in [0.15, 0.2) is 16.6 Å². The summed E-state index contributed by atoms with van der Waals surface area (Å²) in [5.74, 6) is -3.37. The summed E-state index contributed by atoms with van der Waals surface area (Å²) >= 11 is 4.91. The van der Waals surface area contributed by atoms with Crippen molar-refractivity contribution in [2.45, 2.75) is 18.4 Å². The Bertz CT molecular complexity index is 729. The maximum atomic E-state index is 12.4. The summed E-state index contributed by atoms with van der Waals surface area (Å²) in [6.07, 6.45) is -0.325. The van der Waals surface area contributed by atoms with Crippen molar-refractivity contribution in [1.29, 1.82) is 5.26 Å². The number of nitriles is 1. The standard InChI is InChI=1S/C16H15N3O4S/c1-23-14(22)16(12(9-17)13(21)18-15(24)19-16)8-11(20)7-10-5-3-2-4-6-10/h2-6,12H,7-8H2,1H3,(H2,18,19,21,24). The Labute approximate surface area is 144 Å². The van der Waals surface area contributed by atoms with Gasteiger partial charge in [0, 0.05) is 12.8 Å². The van der Waals surface area contributed by atoms with E-state index in [9.17, 15) is 19.6 Å². The quantitative estimate of drug-likeness (QED) is 0.581. The molecule has 1 saturated heterocycles. The lowest BCUT2D eigenvalue weighted by Gasteiger charge is -2.38. The normalized spacial score (nSPS) is 22.8. The second-order valence-corrected chi connectivity index (χ2v) is 5.75. The van der Waals surface area contributed by atoms with Crippen LogP contribution in [0.3, 0.4) is 0 Å². The molecule has 1 aliphatic rings. The summed E-state index contributed by atoms with van der Waals surface area (Å²) in [4.78, 5) is 36.8. The Morgan fingerprint density at radius 3 is 2.62 bits per heavy atom. The van der Waals surface area contributed by atoms with Gasteiger partial charge in [0.2, 0.25) is 5.91 Å². The number of rotatable bonds is 5. The van der Waals surface area contributed by atoms with E-state index in [0.717, 1.165) is 12.7 Å². The van der Waals surface area contributed by atoms with Crippen LogP contribution in [0.25, 0.3) is 0 Å². The molecule has 7 nitrogen and oxygen atoms in total. The van der Waals surface area contributed by atoms with Crippen LogP contribution in [-0.2, 0) is 25.5 Å². The molecule has 24 heavy (non-hydrogen) atoms. The number of hydrogen-bond donors (Lipinski definition) is 2. The molecule has 1 aromatic rings. The highest BCUT2D eigenvalue weighted by Gasteiger charge is 2.55. The highest BCUT2D eigenvalue weighted by atomic mass is 32.1. The number of carbonyl (C=O) groups excluding carboxylic acids is 3. The lowest BCUT2D eigenvalue weighted by Crippen LogP contribution is -2.70. The molecule has 0 aromatic heterocycles. The van der Waals surface area contributed by atoms with Gasteiger partial charge in [-0.25, -0.2) is 4.79 Å². The van der Waals surface area contributed by atoms with Crippen molar-refractivity contribution in [3.63, 3.8) is 0 Å². The average Bonchev–Trinajstić information content (AvgIpc) is 2.54. The number of methoxy groups -OCH3 is 1. The number of hydrogen-bond acceptors (Lipinski definition) is 6. The van der Waals surface area contributed by atoms with Gasteiger partial charge < -0.3 is 15.4 Å². The minimum Gasteiger partial charge on any atom is -0.467 e. The van der Waals surface area contributed by atoms with Crippen molar-refractivity contribution in [3.05, 3.63) is 35.9 Å². The van der Waals surface area contributed by atoms with Gasteiger partial charge in [-0.2, -0.15) is 5.26 Å². The van der Waals surface area contributed by atoms with Gasteiger partial charge in [-0.1, -0.05) is 30.3 Å². The molecule has 0 bridgehead atoms. The van der Waals surface area contributed by atoms with Crippen molar-refractivity contribution >= 4 is 35.0 Å². The Hall–Kier alpha value is -2.79. The van der Waals surface area contributed by atoms with Gasteiger partial charge >= 0.3 is 5.97 Å². The zero-order valence-corrected chi connectivity index (χ0v) is 13.7. The molecule has 0 saturated carbocycles. The molecule has 124 valence electrons. The zero-order valence-electron chi connectivity index (χ0n) is 12.9. The predicted octanol–water partition coefficient (Wildman–Crippen LogP) is 0.244. The molecule has 2 rings (SSSR count). The van der Waals surface area contributed by atoms with Crippen LogP contribution in [0.1, 0.15) is 12.0 Å². The van der Waals surface area contributed by atoms with E-state index < -0.39 is 23.3 Å². The molecule has 8 heteroatoms. The molecular formula is C16H15N3O4S. The van der Waals surface area contributed by atoms with Crippen molar-refractivity contribution in [2.24, 2.45) is 5.92 Å². The SMILES string of the molecule is COC(=O)C1(CC(=O)Cc2ccccc2)NC(=S)NC(=O)C1C#N. The van der Waals surface area contributed by atoms with Crippen LogP contribution >= 0.6 is 12.2 Å². The minimum absolute atomic E-state index is 0.0633. The number of ether oxygens (including phenoxy) is 1. The Morgan fingerprint density at radius 1 is 1.38 bits per heavy atom. The highest BCUT2D eigenvalue weighted by molar-refractivity contribution is 7.80. The molecule has 0 aliphatic carbocycles. The number of amides is 1. The summed E-state index contributed by atoms with van der Waals surface area (Å²) in [6.45, 7) is 0. The monoisotopic (exact) mass is 345 g/mol. The number of nitrogens with zero attached hydrogens (tertiary/aromatic N) is 1. The summed E-state index contributed by atoms with van der Waals surface area (Å²) < 4.78 is 4.73. The first-order valence-electron chi connectivity index (χ1n) is 7.09. The molecule has 1 amide bonds. The fraction of sp³-hybridized carbons (Fsp3) is 0.312. The number of nitrogens with one attached hydrogen (secondary N) is 2. The van der Waals surface area contributed by atoms with E-state index in [1.54, 1.807) is 30.3 Å². The summed E-state index contributed by atoms with van der Waals surface area (Å²) in [5.41, 5.74) is -1.06. The summed E-state index contributed by atoms with van der Waals surface area (Å²) in [5, 5.41) is 14.1. The van der Waals surface area contributed by atoms with Crippen LogP contribution in [0, 0.1) is 17.2 Å². The topological polar surface area (TPSA) is 108 Å². The maximum Gasteiger partial charge on any atom is 0.333 e. The molecule has 0 spiro atoms. The molecule has 2 atom stereocenters. The third kappa shape index (κ3) is 3.41. The molecule has 2 N–H and O–H groups in total. The van der Waals surface area contributed by atoms with Gasteiger partial charge in [-0.3, -0.25) is 9.59 Å². The van der Waals surface area contributed by atoms with Gasteiger partial charge in [0.1, 0.15) is 5.78 Å². The van der Waals surface area contributed by atoms with E-state index in [2.05, 4.69) is 10.6 Å². The smallest absolute Gasteiger partial charge is 0.333 e. The van der Waals surface area contributed by atoms with Crippen LogP contribution in [-0.4, -0.2) is 35.4 Å². The predicted molar refractivity (Wildman–Crippen MR) is 87.5 cm³/mol. The average molecular weight is 345 g/mol. The third-order valence-electron chi connectivity index (χ3n) is 3.73. The van der Waals surface area contributed by atoms with Crippen LogP contribution in [0.2, 0.25) is 0 Å². The number of thiocarbonyl (C=S) groups is 1. The van der Waals surface area contributed by atoms with Crippen LogP contribution < -0.4 is 10.6 Å². The lowest BCUT2D eigenvalue weighted by atomic mass is 9.78. The Kier molecular flexibility index (Phi) is 5.26. The maximum absolute atomic E-state index is 12.4. The van der Waals surface area contributed by atoms with Gasteiger partial charge in [0.05, 0.1) is 13.2 Å². The first-order chi connectivity index (χ1) is 11.4. The number of ketones is 1. The molecular weight excluding hydrogens is 330 g/mol. The summed E-state index contributed by atoms with van der Waals surface area (Å²) in [6, 6.07) is 10.7. The van der Waals surface area contributed by atoms with Crippen LogP contribution in [0.5, 0.6) is 0 Å². The van der Waals surface area contributed by atoms with Crippen molar-refractivity contribution in [2.75, 3.05) is 7.11 Å². The van der Waals surface area contributed by atoms with Crippen LogP contribution in [0.4, 0.5) is 0 Å². The third-order valence-corrected chi connectivity index (χ3v) is 3.93. The fourth-order valence-electron chi connectivity index (χ4n) is 2.65. The lowest BCUT2D eigenvalue weighted by molar-refractivity contribution is -0.154. The van der Waals surface area contributed by atoms with Crippen molar-refractivity contribution in [3.8, 4) is 6.07 Å². The number of Topliss-reactive ketones (excluding diaryl/α,β-unsaturated/α-hetero) is 1. The Morgan fingerprint density at radius 2 is 2.04 bits per heavy atom. The second kappa shape index (κ2) is 7.19. The van der Waals surface area contributed by atoms with Crippen molar-refractivity contribution in [1.82, 2.24) is 10.6 Å². The number of carbonyl (C=O) groups is 3. The van der Waals surface area contributed by atoms with E-state index in [1.165, 1.54) is 0 Å². The van der Waals surface area contributed by atoms with E-state index in [-0.39, 0.29) is 23.7 Å². The molecule has 1 heterocycles. The number of benzene rings is 1. The fourth-order valence-corrected chi connectivity index (χ4v) is 2.93. The van der Waals surface area contributed by atoms with E-state index in [4.69, 9.17) is 17.0 Å². The highest BCUT2D eigenvalue weighted by Crippen LogP contribution is 2.27. The van der Waals surface area contributed by atoms with E-state index >= 15 is 0 Å². The minimum atomic E-state index is -1.82. The molecule has 1 aliphatic heterocycles. The number of esters is 1. The van der Waals surface area contributed by atoms with E-state index in [1.807, 2.05) is 6.07 Å². The first kappa shape index (κ1) is 17.6. The van der Waals surface area contributed by atoms with Gasteiger partial charge in [-0.05, 0) is 17.8 Å². The molecule has 1 aromatic carbocycles. The molecule has 0 radical (unpaired) electrons. The first-order valence-corrected chi connectivity index (χ1v) is 7.50. The molecule has 2 unspecified atom stereocenters.